The Kier molecular flexibility index (Phi) is 5.85. The lowest BCUT2D eigenvalue weighted by Crippen LogP contribution is -2.37. The molecule has 1 aliphatic rings. The molecule has 0 saturated carbocycles. The first kappa shape index (κ1) is 19.4. The van der Waals surface area contributed by atoms with Gasteiger partial charge in [0.15, 0.2) is 9.84 Å². The lowest BCUT2D eigenvalue weighted by atomic mass is 9.98. The molecule has 0 saturated heterocycles. The van der Waals surface area contributed by atoms with Gasteiger partial charge in [-0.25, -0.2) is 13.2 Å². The number of hydrogen-bond donors (Lipinski definition) is 2. The zero-order chi connectivity index (χ0) is 19.4. The lowest BCUT2D eigenvalue weighted by Gasteiger charge is -2.14. The van der Waals surface area contributed by atoms with Crippen LogP contribution in [0.15, 0.2) is 53.4 Å². The van der Waals surface area contributed by atoms with Crippen molar-refractivity contribution in [2.45, 2.75) is 37.6 Å². The minimum atomic E-state index is -3.25. The number of amides is 2. The second-order valence-corrected chi connectivity index (χ2v) is 9.45. The van der Waals surface area contributed by atoms with Crippen LogP contribution in [0.1, 0.15) is 36.5 Å². The third kappa shape index (κ3) is 4.69. The van der Waals surface area contributed by atoms with Crippen molar-refractivity contribution in [3.8, 4) is 0 Å². The molecule has 0 aliphatic carbocycles. The Balaban J connectivity index is 1.56. The Morgan fingerprint density at radius 2 is 1.70 bits per heavy atom. The highest BCUT2D eigenvalue weighted by Crippen LogP contribution is 2.34. The van der Waals surface area contributed by atoms with Crippen LogP contribution in [-0.4, -0.2) is 26.7 Å². The van der Waals surface area contributed by atoms with Crippen LogP contribution in [0.4, 0.5) is 4.79 Å². The smallest absolute Gasteiger partial charge is 0.315 e. The second kappa shape index (κ2) is 8.13. The summed E-state index contributed by atoms with van der Waals surface area (Å²) in [6.07, 6.45) is 0.968. The number of fused-ring (bicyclic) bond motifs is 1. The molecule has 1 atom stereocenters. The predicted molar refractivity (Wildman–Crippen MR) is 106 cm³/mol. The zero-order valence-corrected chi connectivity index (χ0v) is 16.6. The lowest BCUT2D eigenvalue weighted by molar-refractivity contribution is 0.240. The average molecular weight is 387 g/mol. The van der Waals surface area contributed by atoms with Crippen LogP contribution in [-0.2, 0) is 22.8 Å². The van der Waals surface area contributed by atoms with E-state index in [1.165, 1.54) is 5.56 Å². The molecule has 0 radical (unpaired) electrons. The van der Waals surface area contributed by atoms with Crippen LogP contribution in [0.25, 0.3) is 0 Å². The van der Waals surface area contributed by atoms with Crippen LogP contribution in [0, 0.1) is 5.92 Å². The first-order chi connectivity index (χ1) is 12.9. The highest BCUT2D eigenvalue weighted by molar-refractivity contribution is 7.91. The number of carbonyl (C=O) groups is 1. The van der Waals surface area contributed by atoms with Crippen LogP contribution in [0.5, 0.6) is 0 Å². The number of sulfone groups is 1. The van der Waals surface area contributed by atoms with Gasteiger partial charge < -0.3 is 10.6 Å². The van der Waals surface area contributed by atoms with Crippen LogP contribution in [0.2, 0.25) is 0 Å². The van der Waals surface area contributed by atoms with Gasteiger partial charge in [0, 0.05) is 19.0 Å². The fourth-order valence-electron chi connectivity index (χ4n) is 3.54. The minimum absolute atomic E-state index is 0.0455. The van der Waals surface area contributed by atoms with Crippen molar-refractivity contribution in [2.24, 2.45) is 5.92 Å². The third-order valence-electron chi connectivity index (χ3n) is 4.81. The molecule has 6 heteroatoms. The van der Waals surface area contributed by atoms with E-state index in [0.29, 0.717) is 23.9 Å². The standard InChI is InChI=1S/C21H26N2O3S/c1-15(2)11-16-7-3-4-8-17(16)12-22-21(24)23-13-18-14-27(25,26)20-10-6-5-9-19(18)20/h3-10,15,18H,11-14H2,1-2H3,(H2,22,23,24). The van der Waals surface area contributed by atoms with Crippen molar-refractivity contribution in [1.29, 1.82) is 0 Å². The summed E-state index contributed by atoms with van der Waals surface area (Å²) in [5.74, 6) is 0.388. The van der Waals surface area contributed by atoms with E-state index in [2.05, 4.69) is 30.5 Å². The molecule has 5 nitrogen and oxygen atoms in total. The van der Waals surface area contributed by atoms with E-state index in [4.69, 9.17) is 0 Å². The van der Waals surface area contributed by atoms with Gasteiger partial charge in [-0.3, -0.25) is 0 Å². The molecule has 2 aromatic carbocycles. The molecule has 144 valence electrons. The van der Waals surface area contributed by atoms with E-state index >= 15 is 0 Å². The van der Waals surface area contributed by atoms with E-state index in [9.17, 15) is 13.2 Å². The Morgan fingerprint density at radius 1 is 1.04 bits per heavy atom. The summed E-state index contributed by atoms with van der Waals surface area (Å²) in [7, 11) is -3.25. The second-order valence-electron chi connectivity index (χ2n) is 7.45. The fraction of sp³-hybridized carbons (Fsp3) is 0.381. The highest BCUT2D eigenvalue weighted by atomic mass is 32.2. The largest absolute Gasteiger partial charge is 0.338 e. The van der Waals surface area contributed by atoms with Crippen molar-refractivity contribution in [2.75, 3.05) is 12.3 Å². The third-order valence-corrected chi connectivity index (χ3v) is 6.69. The Morgan fingerprint density at radius 3 is 2.44 bits per heavy atom. The number of rotatable bonds is 6. The Labute approximate surface area is 161 Å². The van der Waals surface area contributed by atoms with Gasteiger partial charge in [0.2, 0.25) is 0 Å². The summed E-state index contributed by atoms with van der Waals surface area (Å²) >= 11 is 0. The van der Waals surface area contributed by atoms with Crippen molar-refractivity contribution in [1.82, 2.24) is 10.6 Å². The summed E-state index contributed by atoms with van der Waals surface area (Å²) in [6, 6.07) is 14.8. The SMILES string of the molecule is CC(C)Cc1ccccc1CNC(=O)NCC1CS(=O)(=O)c2ccccc21. The maximum absolute atomic E-state index is 12.2. The zero-order valence-electron chi connectivity index (χ0n) is 15.7. The molecule has 0 spiro atoms. The van der Waals surface area contributed by atoms with E-state index in [1.807, 2.05) is 30.3 Å². The first-order valence-corrected chi connectivity index (χ1v) is 10.9. The number of benzene rings is 2. The summed E-state index contributed by atoms with van der Waals surface area (Å²) in [5, 5.41) is 5.70. The molecule has 1 aliphatic heterocycles. The fourth-order valence-corrected chi connectivity index (χ4v) is 5.42. The molecule has 3 rings (SSSR count). The molecular weight excluding hydrogens is 360 g/mol. The number of hydrogen-bond acceptors (Lipinski definition) is 3. The Hall–Kier alpha value is -2.34. The molecule has 0 fully saturated rings. The normalized spacial score (nSPS) is 17.5. The van der Waals surface area contributed by atoms with Gasteiger partial charge >= 0.3 is 6.03 Å². The number of urea groups is 1. The van der Waals surface area contributed by atoms with Crippen molar-refractivity contribution in [3.05, 3.63) is 65.2 Å². The van der Waals surface area contributed by atoms with Gasteiger partial charge in [0.05, 0.1) is 10.6 Å². The molecule has 2 N–H and O–H groups in total. The van der Waals surface area contributed by atoms with Crippen LogP contribution in [0.3, 0.4) is 0 Å². The van der Waals surface area contributed by atoms with E-state index in [1.54, 1.807) is 12.1 Å². The molecule has 2 aromatic rings. The van der Waals surface area contributed by atoms with Gasteiger partial charge in [-0.1, -0.05) is 56.3 Å². The number of carbonyl (C=O) groups excluding carboxylic acids is 1. The maximum Gasteiger partial charge on any atom is 0.315 e. The molecule has 1 unspecified atom stereocenters. The van der Waals surface area contributed by atoms with Gasteiger partial charge in [0.25, 0.3) is 0 Å². The first-order valence-electron chi connectivity index (χ1n) is 9.27. The average Bonchev–Trinajstić information content (AvgIpc) is 2.90. The molecule has 2 amide bonds. The van der Waals surface area contributed by atoms with Crippen molar-refractivity contribution >= 4 is 15.9 Å². The monoisotopic (exact) mass is 386 g/mol. The quantitative estimate of drug-likeness (QED) is 0.800. The molecule has 0 aromatic heterocycles. The number of nitrogens with one attached hydrogen (secondary N) is 2. The summed E-state index contributed by atoms with van der Waals surface area (Å²) in [5.41, 5.74) is 3.14. The molecule has 27 heavy (non-hydrogen) atoms. The van der Waals surface area contributed by atoms with E-state index in [0.717, 1.165) is 17.5 Å². The summed E-state index contributed by atoms with van der Waals surface area (Å²) in [4.78, 5) is 12.6. The summed E-state index contributed by atoms with van der Waals surface area (Å²) < 4.78 is 24.4. The Bertz CT molecular complexity index is 923. The molecule has 0 bridgehead atoms. The molecular formula is C21H26N2O3S. The van der Waals surface area contributed by atoms with Crippen LogP contribution >= 0.6 is 0 Å². The van der Waals surface area contributed by atoms with Crippen LogP contribution < -0.4 is 10.6 Å². The van der Waals surface area contributed by atoms with Gasteiger partial charge in [0.1, 0.15) is 0 Å². The van der Waals surface area contributed by atoms with E-state index < -0.39 is 9.84 Å². The van der Waals surface area contributed by atoms with Crippen molar-refractivity contribution in [3.63, 3.8) is 0 Å². The van der Waals surface area contributed by atoms with Crippen molar-refractivity contribution < 1.29 is 13.2 Å². The molecule has 1 heterocycles. The highest BCUT2D eigenvalue weighted by Gasteiger charge is 2.34. The summed E-state index contributed by atoms with van der Waals surface area (Å²) in [6.45, 7) is 5.10. The maximum atomic E-state index is 12.2. The predicted octanol–water partition coefficient (Wildman–Crippen LogP) is 3.26. The van der Waals surface area contributed by atoms with Gasteiger partial charge in [-0.15, -0.1) is 0 Å². The minimum Gasteiger partial charge on any atom is -0.338 e. The van der Waals surface area contributed by atoms with Gasteiger partial charge in [-0.2, -0.15) is 0 Å². The topological polar surface area (TPSA) is 75.3 Å². The van der Waals surface area contributed by atoms with E-state index in [-0.39, 0.29) is 17.7 Å². The van der Waals surface area contributed by atoms with Gasteiger partial charge in [-0.05, 0) is 35.1 Å².